The third kappa shape index (κ3) is 7.68. The monoisotopic (exact) mass is 703 g/mol. The molecule has 2 aromatic carbocycles. The van der Waals surface area contributed by atoms with Gasteiger partial charge in [-0.3, -0.25) is 9.78 Å². The largest absolute Gasteiger partial charge is 0.512 e. The fourth-order valence-corrected chi connectivity index (χ4v) is 6.46. The number of carbonyl (C=O) groups excluding carboxylic acids is 1. The van der Waals surface area contributed by atoms with Crippen LogP contribution in [0.3, 0.4) is 0 Å². The number of ketones is 1. The molecule has 3 aliphatic rings. The Hall–Kier alpha value is -2.29. The van der Waals surface area contributed by atoms with Gasteiger partial charge in [0.1, 0.15) is 0 Å². The van der Waals surface area contributed by atoms with Crippen molar-refractivity contribution in [2.24, 2.45) is 11.8 Å². The molecule has 2 saturated carbocycles. The van der Waals surface area contributed by atoms with Gasteiger partial charge in [0.2, 0.25) is 0 Å². The van der Waals surface area contributed by atoms with Gasteiger partial charge in [0.15, 0.2) is 5.78 Å². The number of pyridine rings is 1. The number of aryl methyl sites for hydroxylation is 4. The van der Waals surface area contributed by atoms with Gasteiger partial charge in [-0.05, 0) is 61.4 Å². The summed E-state index contributed by atoms with van der Waals surface area (Å²) in [6.07, 6.45) is 15.3. The Labute approximate surface area is 248 Å². The summed E-state index contributed by atoms with van der Waals surface area (Å²) in [4.78, 5) is 16.9. The minimum absolute atomic E-state index is 0. The fourth-order valence-electron chi connectivity index (χ4n) is 6.46. The summed E-state index contributed by atoms with van der Waals surface area (Å²) in [5, 5.41) is 11.4. The van der Waals surface area contributed by atoms with Crippen molar-refractivity contribution < 1.29 is 30.0 Å². The van der Waals surface area contributed by atoms with Crippen molar-refractivity contribution in [2.45, 2.75) is 98.3 Å². The van der Waals surface area contributed by atoms with Crippen LogP contribution in [-0.2, 0) is 37.7 Å². The second-order valence-electron chi connectivity index (χ2n) is 11.4. The summed E-state index contributed by atoms with van der Waals surface area (Å²) in [5.41, 5.74) is 8.61. The Morgan fingerprint density at radius 3 is 2.21 bits per heavy atom. The predicted molar refractivity (Wildman–Crippen MR) is 158 cm³/mol. The molecule has 0 spiro atoms. The minimum Gasteiger partial charge on any atom is -0.512 e. The van der Waals surface area contributed by atoms with Gasteiger partial charge in [-0.1, -0.05) is 78.0 Å². The van der Waals surface area contributed by atoms with Crippen LogP contribution in [0.2, 0.25) is 0 Å². The zero-order valence-electron chi connectivity index (χ0n) is 22.8. The zero-order valence-corrected chi connectivity index (χ0v) is 25.2. The molecule has 1 heterocycles. The first kappa shape index (κ1) is 31.2. The number of hydrogen-bond acceptors (Lipinski definition) is 3. The van der Waals surface area contributed by atoms with Gasteiger partial charge in [-0.2, -0.15) is 0 Å². The molecule has 0 saturated heterocycles. The van der Waals surface area contributed by atoms with Crippen LogP contribution in [0.15, 0.2) is 48.2 Å². The van der Waals surface area contributed by atoms with E-state index >= 15 is 0 Å². The molecule has 1 N–H and O–H groups in total. The molecule has 4 heteroatoms. The number of benzene rings is 2. The number of allylic oxidation sites excluding steroid dienone is 2. The van der Waals surface area contributed by atoms with E-state index in [4.69, 9.17) is 4.98 Å². The van der Waals surface area contributed by atoms with Crippen LogP contribution >= 0.6 is 0 Å². The smallest absolute Gasteiger partial charge is 0.162 e. The quantitative estimate of drug-likeness (QED) is 0.168. The Bertz CT molecular complexity index is 1280. The van der Waals surface area contributed by atoms with Crippen molar-refractivity contribution in [3.63, 3.8) is 0 Å². The summed E-state index contributed by atoms with van der Waals surface area (Å²) in [5.74, 6) is 0.985. The maximum atomic E-state index is 12.0. The fraction of sp³-hybridized carbons (Fsp3) is 0.486. The molecule has 6 rings (SSSR count). The van der Waals surface area contributed by atoms with E-state index in [1.165, 1.54) is 66.2 Å². The molecule has 0 atom stereocenters. The van der Waals surface area contributed by atoms with Crippen molar-refractivity contribution in [2.75, 3.05) is 0 Å². The number of rotatable bonds is 4. The number of aliphatic hydroxyl groups is 1. The van der Waals surface area contributed by atoms with E-state index < -0.39 is 0 Å². The van der Waals surface area contributed by atoms with Crippen molar-refractivity contribution in [1.82, 2.24) is 4.98 Å². The topological polar surface area (TPSA) is 50.2 Å². The van der Waals surface area contributed by atoms with Gasteiger partial charge in [0.05, 0.1) is 11.3 Å². The number of aliphatic hydroxyl groups excluding tert-OH is 1. The summed E-state index contributed by atoms with van der Waals surface area (Å²) in [7, 11) is 0. The number of carbonyl (C=O) groups is 1. The van der Waals surface area contributed by atoms with Crippen LogP contribution in [0.4, 0.5) is 0 Å². The van der Waals surface area contributed by atoms with Crippen molar-refractivity contribution in [1.29, 1.82) is 0 Å². The Balaban J connectivity index is 0.000000208. The first-order valence-corrected chi connectivity index (χ1v) is 14.3. The van der Waals surface area contributed by atoms with Crippen LogP contribution in [0.25, 0.3) is 22.2 Å². The molecule has 3 aromatic rings. The maximum absolute atomic E-state index is 12.0. The SMILES string of the molecule is C.Cc1[c-]c(-c2cc3c4c(cccc4n2)CC3)cc(C)c1.O=C(C=C(O)C1CCCCC1)C1CCCCC1.[Ir]. The van der Waals surface area contributed by atoms with E-state index in [0.29, 0.717) is 5.76 Å². The van der Waals surface area contributed by atoms with Gasteiger partial charge >= 0.3 is 0 Å². The summed E-state index contributed by atoms with van der Waals surface area (Å²) in [6, 6.07) is 16.5. The van der Waals surface area contributed by atoms with Crippen LogP contribution in [0, 0.1) is 31.7 Å². The average Bonchev–Trinajstić information content (AvgIpc) is 3.34. The van der Waals surface area contributed by atoms with Crippen LogP contribution < -0.4 is 0 Å². The van der Waals surface area contributed by atoms with E-state index in [1.807, 2.05) is 0 Å². The van der Waals surface area contributed by atoms with Crippen LogP contribution in [-0.4, -0.2) is 15.9 Å². The second-order valence-corrected chi connectivity index (χ2v) is 11.4. The van der Waals surface area contributed by atoms with E-state index in [9.17, 15) is 9.90 Å². The van der Waals surface area contributed by atoms with E-state index in [-0.39, 0.29) is 45.2 Å². The van der Waals surface area contributed by atoms with Gasteiger partial charge in [0.25, 0.3) is 0 Å². The molecular weight excluding hydrogens is 659 g/mol. The molecule has 0 aliphatic heterocycles. The van der Waals surface area contributed by atoms with Crippen LogP contribution in [0.1, 0.15) is 93.9 Å². The van der Waals surface area contributed by atoms with E-state index in [1.54, 1.807) is 6.08 Å². The number of hydrogen-bond donors (Lipinski definition) is 1. The van der Waals surface area contributed by atoms with Crippen molar-refractivity contribution >= 4 is 16.7 Å². The third-order valence-electron chi connectivity index (χ3n) is 8.41. The molecule has 1 aromatic heterocycles. The number of nitrogens with zero attached hydrogens (tertiary/aromatic N) is 1. The van der Waals surface area contributed by atoms with Gasteiger partial charge in [0, 0.05) is 43.4 Å². The first-order chi connectivity index (χ1) is 18.0. The predicted octanol–water partition coefficient (Wildman–Crippen LogP) is 9.21. The van der Waals surface area contributed by atoms with Gasteiger partial charge < -0.3 is 5.11 Å². The molecule has 0 unspecified atom stereocenters. The second kappa shape index (κ2) is 14.4. The van der Waals surface area contributed by atoms with Crippen LogP contribution in [0.5, 0.6) is 0 Å². The molecular formula is C35H44IrNO2-. The molecule has 0 amide bonds. The van der Waals surface area contributed by atoms with Crippen molar-refractivity contribution in [3.8, 4) is 11.3 Å². The number of aromatic nitrogens is 1. The molecule has 3 nitrogen and oxygen atoms in total. The van der Waals surface area contributed by atoms with Gasteiger partial charge in [-0.25, -0.2) is 0 Å². The first-order valence-electron chi connectivity index (χ1n) is 14.3. The zero-order chi connectivity index (χ0) is 25.8. The summed E-state index contributed by atoms with van der Waals surface area (Å²) >= 11 is 0. The normalized spacial score (nSPS) is 17.5. The maximum Gasteiger partial charge on any atom is 0.162 e. The molecule has 211 valence electrons. The Morgan fingerprint density at radius 1 is 0.897 bits per heavy atom. The molecule has 39 heavy (non-hydrogen) atoms. The van der Waals surface area contributed by atoms with E-state index in [0.717, 1.165) is 55.3 Å². The molecule has 0 bridgehead atoms. The Kier molecular flexibility index (Phi) is 11.5. The van der Waals surface area contributed by atoms with Gasteiger partial charge in [-0.15, -0.1) is 34.9 Å². The van der Waals surface area contributed by atoms with E-state index in [2.05, 4.69) is 56.3 Å². The van der Waals surface area contributed by atoms with Crippen molar-refractivity contribution in [3.05, 3.63) is 76.6 Å². The standard InChI is InChI=1S/C19H16N.C15H24O2.CH4.Ir/c1-12-8-13(2)10-16(9-12)18-11-15-7-6-14-4-3-5-17(20-18)19(14)15;16-14(12-7-3-1-4-8-12)11-15(17)13-9-5-2-6-10-13;;/h3-5,8-9,11H,6-7H2,1-2H3;11-13,16H,1-10H2;1H4;/q-1;;;. The summed E-state index contributed by atoms with van der Waals surface area (Å²) in [6.45, 7) is 4.22. The Morgan fingerprint density at radius 2 is 1.54 bits per heavy atom. The average molecular weight is 703 g/mol. The molecule has 2 fully saturated rings. The molecule has 1 radical (unpaired) electrons. The molecule has 3 aliphatic carbocycles. The summed E-state index contributed by atoms with van der Waals surface area (Å²) < 4.78 is 0. The minimum atomic E-state index is 0. The third-order valence-corrected chi connectivity index (χ3v) is 8.41.